The Morgan fingerprint density at radius 1 is 0.440 bits per heavy atom. The van der Waals surface area contributed by atoms with Gasteiger partial charge in [-0.15, -0.1) is 11.6 Å². The van der Waals surface area contributed by atoms with Gasteiger partial charge in [-0.05, 0) is 116 Å². The first kappa shape index (κ1) is 51.4. The van der Waals surface area contributed by atoms with Crippen LogP contribution in [0, 0.1) is 29.6 Å². The van der Waals surface area contributed by atoms with Gasteiger partial charge in [0.15, 0.2) is 0 Å². The summed E-state index contributed by atoms with van der Waals surface area (Å²) in [5.74, 6) is 4.61. The zero-order valence-electron chi connectivity index (χ0n) is 33.4. The molecule has 1 atom stereocenters. The Morgan fingerprint density at radius 2 is 0.740 bits per heavy atom. The lowest BCUT2D eigenvalue weighted by atomic mass is 9.98. The topological polar surface area (TPSA) is 20.2 Å². The first-order valence-corrected chi connectivity index (χ1v) is 24.6. The van der Waals surface area contributed by atoms with E-state index in [0.717, 1.165) is 55.2 Å². The van der Waals surface area contributed by atoms with Crippen LogP contribution in [-0.2, 0) is 32.1 Å². The number of hydrogen-bond acceptors (Lipinski definition) is 1. The normalized spacial score (nSPS) is 11.1. The van der Waals surface area contributed by atoms with Crippen LogP contribution in [0.1, 0.15) is 123 Å². The van der Waals surface area contributed by atoms with Crippen molar-refractivity contribution >= 4 is 53.1 Å². The molecule has 0 heterocycles. The number of benzene rings is 3. The highest BCUT2D eigenvalue weighted by Gasteiger charge is 2.02. The van der Waals surface area contributed by atoms with E-state index >= 15 is 0 Å². The molecule has 6 heteroatoms. The first-order chi connectivity index (χ1) is 23.4. The number of rotatable bonds is 14. The van der Waals surface area contributed by atoms with E-state index < -0.39 is 11.4 Å². The molecular weight excluding hydrogens is 713 g/mol. The summed E-state index contributed by atoms with van der Waals surface area (Å²) in [5, 5.41) is 9.19. The van der Waals surface area contributed by atoms with E-state index in [0.29, 0.717) is 5.92 Å². The Bertz CT molecular complexity index is 1060. The molecule has 50 heavy (non-hydrogen) atoms. The molecule has 0 spiro atoms. The minimum atomic E-state index is -1.72. The van der Waals surface area contributed by atoms with Crippen LogP contribution in [0.15, 0.2) is 78.9 Å². The standard InChI is InChI=1S/C15H24.C14H22O.C10H14.C5H11Cl.Al.3ClH/c1-12(2)5-6-14-7-9-15(10-8-14)11-13(3)4;1-11(2)10-14-8-6-13(7-9-14)5-4-12(3)15;1-9(2)8-10-6-4-3-5-7-10;1-5(2)3-4-6;;;;/h7-10,12-13H,5-6,11H2,1-4H3;6-9,11-12,15H,4-5,10H2,1-3H3;3-7,9H,8H2,1-2H3;5H,3-4H2,1-2H3;;3*1H/q;;;;+3;;;/p-3. The number of aliphatic hydroxyl groups excluding tert-OH is 1. The van der Waals surface area contributed by atoms with Crippen LogP contribution in [0.2, 0.25) is 0 Å². The van der Waals surface area contributed by atoms with E-state index in [1.165, 1.54) is 53.5 Å². The molecule has 3 aromatic carbocycles. The molecule has 1 nitrogen and oxygen atoms in total. The molecule has 0 aliphatic rings. The van der Waals surface area contributed by atoms with Gasteiger partial charge in [-0.2, -0.15) is 0 Å². The van der Waals surface area contributed by atoms with Crippen molar-refractivity contribution in [1.82, 2.24) is 0 Å². The molecule has 0 aliphatic carbocycles. The summed E-state index contributed by atoms with van der Waals surface area (Å²) in [5.41, 5.74) is 7.13. The molecule has 0 saturated carbocycles. The monoisotopic (exact) mass is 782 g/mol. The zero-order valence-corrected chi connectivity index (χ0v) is 37.5. The molecule has 0 aromatic heterocycles. The number of halogens is 4. The predicted molar refractivity (Wildman–Crippen MR) is 232 cm³/mol. The van der Waals surface area contributed by atoms with Crippen molar-refractivity contribution in [2.75, 3.05) is 5.88 Å². The Hall–Kier alpha value is -0.688. The molecule has 0 aliphatic heterocycles. The maximum atomic E-state index is 9.19. The van der Waals surface area contributed by atoms with Crippen molar-refractivity contribution in [2.24, 2.45) is 29.6 Å². The van der Waals surface area contributed by atoms with Crippen LogP contribution < -0.4 is 0 Å². The van der Waals surface area contributed by atoms with Crippen molar-refractivity contribution in [3.8, 4) is 0 Å². The third-order valence-electron chi connectivity index (χ3n) is 7.37. The summed E-state index contributed by atoms with van der Waals surface area (Å²) >= 11 is 3.67. The molecule has 0 fully saturated rings. The van der Waals surface area contributed by atoms with Crippen LogP contribution in [0.5, 0.6) is 0 Å². The number of hydrogen-bond donors (Lipinski definition) is 1. The summed E-state index contributed by atoms with van der Waals surface area (Å²) in [6.45, 7) is 24.3. The second-order valence-electron chi connectivity index (χ2n) is 15.4. The van der Waals surface area contributed by atoms with Crippen LogP contribution in [0.25, 0.3) is 0 Å². The molecular formula is C44H71AlCl4O. The van der Waals surface area contributed by atoms with Gasteiger partial charge < -0.3 is 5.11 Å². The van der Waals surface area contributed by atoms with Crippen LogP contribution in [-0.4, -0.2) is 28.5 Å². The highest BCUT2D eigenvalue weighted by atomic mass is 35.8. The van der Waals surface area contributed by atoms with E-state index in [-0.39, 0.29) is 6.10 Å². The number of alkyl halides is 1. The van der Waals surface area contributed by atoms with Crippen molar-refractivity contribution in [1.29, 1.82) is 0 Å². The summed E-state index contributed by atoms with van der Waals surface area (Å²) in [7, 11) is 14.8. The maximum Gasteiger partial charge on any atom is 0.643 e. The molecule has 284 valence electrons. The second-order valence-corrected chi connectivity index (χ2v) is 22.2. The largest absolute Gasteiger partial charge is 0.643 e. The third kappa shape index (κ3) is 37.1. The Kier molecular flexibility index (Phi) is 33.9. The van der Waals surface area contributed by atoms with E-state index in [2.05, 4.69) is 148 Å². The average molecular weight is 785 g/mol. The highest BCUT2D eigenvalue weighted by Crippen LogP contribution is 2.14. The third-order valence-corrected chi connectivity index (χ3v) is 7.59. The molecule has 1 N–H and O–H groups in total. The van der Waals surface area contributed by atoms with Gasteiger partial charge in [-0.25, -0.2) is 30.1 Å². The first-order valence-electron chi connectivity index (χ1n) is 18.8. The number of aryl methyl sites for hydroxylation is 2. The van der Waals surface area contributed by atoms with Crippen molar-refractivity contribution < 1.29 is 5.11 Å². The lowest BCUT2D eigenvalue weighted by Crippen LogP contribution is -2.01. The quantitative estimate of drug-likeness (QED) is 0.128. The van der Waals surface area contributed by atoms with E-state index in [9.17, 15) is 5.11 Å². The van der Waals surface area contributed by atoms with Crippen LogP contribution >= 0.6 is 41.7 Å². The lowest BCUT2D eigenvalue weighted by Gasteiger charge is -2.07. The molecule has 0 radical (unpaired) electrons. The van der Waals surface area contributed by atoms with Gasteiger partial charge in [0.1, 0.15) is 0 Å². The molecule has 0 amide bonds. The summed E-state index contributed by atoms with van der Waals surface area (Å²) in [6, 6.07) is 28.5. The minimum Gasteiger partial charge on any atom is -0.393 e. The SMILES string of the molecule is CC(C)CCCl.CC(C)CCc1ccc(CC(C)C)cc1.CC(C)Cc1ccc(CCC(C)O)cc1.CC(C)Cc1ccccc1.[Cl][Al]([Cl])[Cl]. The van der Waals surface area contributed by atoms with Gasteiger partial charge in [-0.1, -0.05) is 148 Å². The minimum absolute atomic E-state index is 0.194. The summed E-state index contributed by atoms with van der Waals surface area (Å²) in [4.78, 5) is 0. The number of aliphatic hydroxyl groups is 1. The average Bonchev–Trinajstić information content (AvgIpc) is 3.01. The molecule has 3 aromatic rings. The fourth-order valence-electron chi connectivity index (χ4n) is 4.76. The van der Waals surface area contributed by atoms with E-state index in [1.54, 1.807) is 0 Å². The fraction of sp³-hybridized carbons (Fsp3) is 0.591. The summed E-state index contributed by atoms with van der Waals surface area (Å²) in [6.07, 6.45) is 8.83. The van der Waals surface area contributed by atoms with Gasteiger partial charge in [0, 0.05) is 5.88 Å². The van der Waals surface area contributed by atoms with E-state index in [4.69, 9.17) is 41.7 Å². The lowest BCUT2D eigenvalue weighted by molar-refractivity contribution is 0.185. The van der Waals surface area contributed by atoms with Gasteiger partial charge >= 0.3 is 11.4 Å². The Balaban J connectivity index is 0. The maximum absolute atomic E-state index is 9.19. The second kappa shape index (κ2) is 32.9. The van der Waals surface area contributed by atoms with Crippen molar-refractivity contribution in [3.63, 3.8) is 0 Å². The van der Waals surface area contributed by atoms with Crippen LogP contribution in [0.3, 0.4) is 0 Å². The Morgan fingerprint density at radius 3 is 1.00 bits per heavy atom. The van der Waals surface area contributed by atoms with Gasteiger partial charge in [-0.3, -0.25) is 0 Å². The predicted octanol–water partition coefficient (Wildman–Crippen LogP) is 14.5. The zero-order chi connectivity index (χ0) is 38.5. The Labute approximate surface area is 331 Å². The van der Waals surface area contributed by atoms with Gasteiger partial charge in [0.05, 0.1) is 6.10 Å². The highest BCUT2D eigenvalue weighted by molar-refractivity contribution is 7.54. The van der Waals surface area contributed by atoms with E-state index in [1.807, 2.05) is 6.92 Å². The molecule has 0 saturated heterocycles. The molecule has 3 rings (SSSR count). The molecule has 1 unspecified atom stereocenters. The van der Waals surface area contributed by atoms with Crippen molar-refractivity contribution in [2.45, 2.75) is 134 Å². The van der Waals surface area contributed by atoms with Gasteiger partial charge in [0.25, 0.3) is 0 Å². The summed E-state index contributed by atoms with van der Waals surface area (Å²) < 4.78 is 0. The van der Waals surface area contributed by atoms with Gasteiger partial charge in [0.2, 0.25) is 0 Å². The molecule has 0 bridgehead atoms. The van der Waals surface area contributed by atoms with Crippen LogP contribution in [0.4, 0.5) is 0 Å². The smallest absolute Gasteiger partial charge is 0.393 e. The van der Waals surface area contributed by atoms with Crippen molar-refractivity contribution in [3.05, 3.63) is 107 Å². The fourth-order valence-corrected chi connectivity index (χ4v) is 5.20.